The zero-order chi connectivity index (χ0) is 21.8. The van der Waals surface area contributed by atoms with E-state index in [9.17, 15) is 4.79 Å². The van der Waals surface area contributed by atoms with E-state index in [-0.39, 0.29) is 5.91 Å². The first-order valence-corrected chi connectivity index (χ1v) is 11.8. The lowest BCUT2D eigenvalue weighted by molar-refractivity contribution is 0.102. The van der Waals surface area contributed by atoms with E-state index in [1.54, 1.807) is 23.1 Å². The lowest BCUT2D eigenvalue weighted by Gasteiger charge is -2.07. The van der Waals surface area contributed by atoms with Crippen LogP contribution in [-0.4, -0.2) is 26.1 Å². The highest BCUT2D eigenvalue weighted by Gasteiger charge is 2.08. The number of amides is 1. The number of benzene rings is 3. The predicted octanol–water partition coefficient (Wildman–Crippen LogP) is 5.55. The molecule has 0 saturated heterocycles. The second-order valence-electron chi connectivity index (χ2n) is 7.18. The van der Waals surface area contributed by atoms with Gasteiger partial charge in [0.05, 0.1) is 15.2 Å². The molecule has 3 aromatic carbocycles. The average Bonchev–Trinajstić information content (AvgIpc) is 3.48. The number of carbonyl (C=O) groups is 1. The van der Waals surface area contributed by atoms with Gasteiger partial charge in [0, 0.05) is 23.4 Å². The van der Waals surface area contributed by atoms with E-state index >= 15 is 0 Å². The first-order valence-electron chi connectivity index (χ1n) is 10.0. The van der Waals surface area contributed by atoms with Crippen molar-refractivity contribution in [2.75, 3.05) is 5.32 Å². The number of para-hydroxylation sites is 1. The standard InChI is InChI=1S/C24H19N5OS2/c30-23(18-9-5-17(6-10-18)14-31-24-25-15-26-29-24)27-19-11-7-16(8-12-19)13-22-28-20-3-1-2-4-21(20)32-22/h1-12,15H,13-14H2,(H,27,30)(H,25,26,29). The second-order valence-corrected chi connectivity index (χ2v) is 9.26. The lowest BCUT2D eigenvalue weighted by Crippen LogP contribution is -2.11. The van der Waals surface area contributed by atoms with E-state index in [2.05, 4.69) is 26.6 Å². The molecule has 5 aromatic rings. The second kappa shape index (κ2) is 9.33. The number of fused-ring (bicyclic) bond motifs is 1. The molecule has 0 saturated carbocycles. The Morgan fingerprint density at radius 1 is 0.969 bits per heavy atom. The maximum absolute atomic E-state index is 12.6. The summed E-state index contributed by atoms with van der Waals surface area (Å²) in [6.45, 7) is 0. The molecule has 2 N–H and O–H groups in total. The fraction of sp³-hybridized carbons (Fsp3) is 0.0833. The quantitative estimate of drug-likeness (QED) is 0.313. The van der Waals surface area contributed by atoms with Crippen molar-refractivity contribution in [2.45, 2.75) is 17.3 Å². The molecule has 8 heteroatoms. The predicted molar refractivity (Wildman–Crippen MR) is 129 cm³/mol. The minimum absolute atomic E-state index is 0.127. The Hall–Kier alpha value is -3.49. The largest absolute Gasteiger partial charge is 0.322 e. The van der Waals surface area contributed by atoms with E-state index in [1.807, 2.05) is 66.7 Å². The highest BCUT2D eigenvalue weighted by Crippen LogP contribution is 2.24. The van der Waals surface area contributed by atoms with Crippen LogP contribution in [0.5, 0.6) is 0 Å². The molecular formula is C24H19N5OS2. The van der Waals surface area contributed by atoms with Gasteiger partial charge in [-0.3, -0.25) is 9.89 Å². The van der Waals surface area contributed by atoms with Crippen molar-refractivity contribution in [2.24, 2.45) is 0 Å². The van der Waals surface area contributed by atoms with Gasteiger partial charge in [0.1, 0.15) is 6.33 Å². The fourth-order valence-electron chi connectivity index (χ4n) is 3.25. The molecular weight excluding hydrogens is 438 g/mol. The van der Waals surface area contributed by atoms with Gasteiger partial charge >= 0.3 is 0 Å². The Kier molecular flexibility index (Phi) is 5.96. The van der Waals surface area contributed by atoms with Crippen molar-refractivity contribution in [3.8, 4) is 0 Å². The number of thioether (sulfide) groups is 1. The monoisotopic (exact) mass is 457 g/mol. The summed E-state index contributed by atoms with van der Waals surface area (Å²) in [5.74, 6) is 0.631. The summed E-state index contributed by atoms with van der Waals surface area (Å²) in [4.78, 5) is 21.4. The summed E-state index contributed by atoms with van der Waals surface area (Å²) in [6.07, 6.45) is 2.27. The summed E-state index contributed by atoms with van der Waals surface area (Å²) in [7, 11) is 0. The third-order valence-electron chi connectivity index (χ3n) is 4.89. The lowest BCUT2D eigenvalue weighted by atomic mass is 10.1. The minimum atomic E-state index is -0.127. The molecule has 0 bridgehead atoms. The molecule has 0 spiro atoms. The van der Waals surface area contributed by atoms with E-state index < -0.39 is 0 Å². The molecule has 1 amide bonds. The molecule has 0 unspecified atom stereocenters. The average molecular weight is 458 g/mol. The smallest absolute Gasteiger partial charge is 0.255 e. The summed E-state index contributed by atoms with van der Waals surface area (Å²) in [5, 5.41) is 11.5. The summed E-state index contributed by atoms with van der Waals surface area (Å²) < 4.78 is 1.20. The first-order chi connectivity index (χ1) is 15.7. The van der Waals surface area contributed by atoms with Crippen LogP contribution in [0.25, 0.3) is 10.2 Å². The van der Waals surface area contributed by atoms with E-state index in [4.69, 9.17) is 4.98 Å². The number of nitrogens with zero attached hydrogens (tertiary/aromatic N) is 3. The number of aromatic nitrogens is 4. The van der Waals surface area contributed by atoms with Crippen LogP contribution < -0.4 is 5.32 Å². The van der Waals surface area contributed by atoms with Crippen molar-refractivity contribution in [3.05, 3.63) is 101 Å². The zero-order valence-electron chi connectivity index (χ0n) is 17.0. The first kappa shape index (κ1) is 20.4. The Bertz CT molecular complexity index is 1300. The molecule has 0 radical (unpaired) electrons. The molecule has 32 heavy (non-hydrogen) atoms. The number of hydrogen-bond donors (Lipinski definition) is 2. The van der Waals surface area contributed by atoms with Crippen LogP contribution >= 0.6 is 23.1 Å². The Morgan fingerprint density at radius 2 is 1.75 bits per heavy atom. The number of anilines is 1. The van der Waals surface area contributed by atoms with Gasteiger partial charge in [-0.2, -0.15) is 5.10 Å². The number of carbonyl (C=O) groups excluding carboxylic acids is 1. The Morgan fingerprint density at radius 3 is 2.50 bits per heavy atom. The van der Waals surface area contributed by atoms with Crippen molar-refractivity contribution in [1.29, 1.82) is 0 Å². The summed E-state index contributed by atoms with van der Waals surface area (Å²) in [6, 6.07) is 23.7. The third kappa shape index (κ3) is 4.87. The van der Waals surface area contributed by atoms with Gasteiger partial charge in [-0.05, 0) is 47.5 Å². The van der Waals surface area contributed by atoms with Crippen LogP contribution in [0, 0.1) is 0 Å². The maximum atomic E-state index is 12.6. The number of aromatic amines is 1. The molecule has 5 rings (SSSR count). The summed E-state index contributed by atoms with van der Waals surface area (Å²) in [5.41, 5.74) is 4.71. The van der Waals surface area contributed by atoms with Crippen molar-refractivity contribution < 1.29 is 4.79 Å². The highest BCUT2D eigenvalue weighted by atomic mass is 32.2. The van der Waals surface area contributed by atoms with Gasteiger partial charge in [0.15, 0.2) is 5.16 Å². The van der Waals surface area contributed by atoms with Gasteiger partial charge in [-0.25, -0.2) is 9.97 Å². The topological polar surface area (TPSA) is 83.6 Å². The molecule has 6 nitrogen and oxygen atoms in total. The maximum Gasteiger partial charge on any atom is 0.255 e. The molecule has 158 valence electrons. The van der Waals surface area contributed by atoms with Crippen LogP contribution in [0.3, 0.4) is 0 Å². The molecule has 0 aliphatic rings. The molecule has 0 fully saturated rings. The highest BCUT2D eigenvalue weighted by molar-refractivity contribution is 7.98. The van der Waals surface area contributed by atoms with Crippen LogP contribution in [0.15, 0.2) is 84.3 Å². The van der Waals surface area contributed by atoms with Crippen LogP contribution in [0.1, 0.15) is 26.5 Å². The van der Waals surface area contributed by atoms with Crippen molar-refractivity contribution >= 4 is 44.9 Å². The molecule has 2 aromatic heterocycles. The molecule has 0 aliphatic carbocycles. The van der Waals surface area contributed by atoms with Crippen molar-refractivity contribution in [3.63, 3.8) is 0 Å². The number of nitrogens with one attached hydrogen (secondary N) is 2. The molecule has 0 atom stereocenters. The van der Waals surface area contributed by atoms with Crippen LogP contribution in [-0.2, 0) is 12.2 Å². The van der Waals surface area contributed by atoms with Crippen molar-refractivity contribution in [1.82, 2.24) is 20.2 Å². The van der Waals surface area contributed by atoms with Gasteiger partial charge in [-0.15, -0.1) is 11.3 Å². The normalized spacial score (nSPS) is 11.0. The van der Waals surface area contributed by atoms with E-state index in [0.29, 0.717) is 5.56 Å². The van der Waals surface area contributed by atoms with E-state index in [0.717, 1.165) is 44.7 Å². The van der Waals surface area contributed by atoms with Crippen LogP contribution in [0.2, 0.25) is 0 Å². The number of thiazole rings is 1. The number of rotatable bonds is 7. The van der Waals surface area contributed by atoms with E-state index in [1.165, 1.54) is 11.0 Å². The fourth-order valence-corrected chi connectivity index (χ4v) is 4.98. The summed E-state index contributed by atoms with van der Waals surface area (Å²) >= 11 is 3.28. The van der Waals surface area contributed by atoms with Gasteiger partial charge in [-0.1, -0.05) is 48.2 Å². The van der Waals surface area contributed by atoms with Gasteiger partial charge < -0.3 is 5.32 Å². The van der Waals surface area contributed by atoms with Gasteiger partial charge in [0.25, 0.3) is 5.91 Å². The Balaban J connectivity index is 1.18. The third-order valence-corrected chi connectivity index (χ3v) is 6.87. The SMILES string of the molecule is O=C(Nc1ccc(Cc2nc3ccccc3s2)cc1)c1ccc(CSc2ncn[nH]2)cc1. The Labute approximate surface area is 193 Å². The number of hydrogen-bond acceptors (Lipinski definition) is 6. The minimum Gasteiger partial charge on any atom is -0.322 e. The molecule has 0 aliphatic heterocycles. The molecule has 2 heterocycles. The zero-order valence-corrected chi connectivity index (χ0v) is 18.6. The van der Waals surface area contributed by atoms with Crippen LogP contribution in [0.4, 0.5) is 5.69 Å². The van der Waals surface area contributed by atoms with Gasteiger partial charge in [0.2, 0.25) is 0 Å². The number of H-pyrrole nitrogens is 1.